The molecule has 0 fully saturated rings. The number of amides is 1. The molecule has 0 aliphatic rings. The van der Waals surface area contributed by atoms with E-state index in [1.165, 1.54) is 5.56 Å². The molecular formula is C20H22N2O2. The smallest absolute Gasteiger partial charge is 0.224 e. The molecular weight excluding hydrogens is 300 g/mol. The van der Waals surface area contributed by atoms with Gasteiger partial charge in [0.1, 0.15) is 5.52 Å². The second-order valence-electron chi connectivity index (χ2n) is 6.60. The number of nitrogens with zero attached hydrogens (tertiary/aromatic N) is 1. The molecule has 3 rings (SSSR count). The van der Waals surface area contributed by atoms with Crippen LogP contribution in [0.5, 0.6) is 0 Å². The highest BCUT2D eigenvalue weighted by Gasteiger charge is 2.08. The van der Waals surface area contributed by atoms with Gasteiger partial charge in [0.05, 0.1) is 0 Å². The first-order valence-electron chi connectivity index (χ1n) is 8.24. The van der Waals surface area contributed by atoms with Crippen LogP contribution in [0.25, 0.3) is 11.1 Å². The summed E-state index contributed by atoms with van der Waals surface area (Å²) in [6, 6.07) is 13.8. The molecule has 0 aliphatic carbocycles. The number of anilines is 1. The van der Waals surface area contributed by atoms with Gasteiger partial charge in [-0.1, -0.05) is 32.0 Å². The van der Waals surface area contributed by atoms with E-state index in [1.54, 1.807) is 0 Å². The van der Waals surface area contributed by atoms with Crippen molar-refractivity contribution in [2.45, 2.75) is 33.6 Å². The van der Waals surface area contributed by atoms with Gasteiger partial charge in [0.15, 0.2) is 11.5 Å². The Bertz CT molecular complexity index is 848. The van der Waals surface area contributed by atoms with Crippen LogP contribution in [0.1, 0.15) is 37.3 Å². The summed E-state index contributed by atoms with van der Waals surface area (Å²) < 4.78 is 5.78. The third kappa shape index (κ3) is 4.02. The summed E-state index contributed by atoms with van der Waals surface area (Å²) in [5, 5.41) is 2.91. The Kier molecular flexibility index (Phi) is 4.65. The van der Waals surface area contributed by atoms with Crippen LogP contribution < -0.4 is 5.32 Å². The van der Waals surface area contributed by atoms with Crippen LogP contribution in [-0.4, -0.2) is 10.9 Å². The van der Waals surface area contributed by atoms with Crippen LogP contribution in [0.3, 0.4) is 0 Å². The predicted octanol–water partition coefficient (Wildman–Crippen LogP) is 4.71. The van der Waals surface area contributed by atoms with E-state index in [4.69, 9.17) is 4.42 Å². The van der Waals surface area contributed by atoms with Crippen LogP contribution in [-0.2, 0) is 11.2 Å². The Morgan fingerprint density at radius 3 is 2.62 bits per heavy atom. The van der Waals surface area contributed by atoms with Gasteiger partial charge in [-0.3, -0.25) is 4.79 Å². The number of nitrogens with one attached hydrogen (secondary N) is 1. The van der Waals surface area contributed by atoms with Gasteiger partial charge in [0.25, 0.3) is 0 Å². The number of benzene rings is 2. The molecule has 1 aromatic heterocycles. The number of rotatable bonds is 5. The van der Waals surface area contributed by atoms with Crippen LogP contribution in [0.15, 0.2) is 46.9 Å². The van der Waals surface area contributed by atoms with E-state index in [2.05, 4.69) is 10.3 Å². The molecule has 1 amide bonds. The van der Waals surface area contributed by atoms with Crippen LogP contribution >= 0.6 is 0 Å². The lowest BCUT2D eigenvalue weighted by Gasteiger charge is -2.07. The van der Waals surface area contributed by atoms with Crippen molar-refractivity contribution in [3.05, 3.63) is 59.5 Å². The summed E-state index contributed by atoms with van der Waals surface area (Å²) >= 11 is 0. The number of hydrogen-bond donors (Lipinski definition) is 1. The fraction of sp³-hybridized carbons (Fsp3) is 0.300. The molecule has 24 heavy (non-hydrogen) atoms. The van der Waals surface area contributed by atoms with E-state index in [9.17, 15) is 4.79 Å². The molecule has 0 bridgehead atoms. The van der Waals surface area contributed by atoms with Gasteiger partial charge >= 0.3 is 0 Å². The first-order valence-corrected chi connectivity index (χ1v) is 8.24. The molecule has 124 valence electrons. The average molecular weight is 322 g/mol. The zero-order valence-corrected chi connectivity index (χ0v) is 14.3. The maximum Gasteiger partial charge on any atom is 0.224 e. The number of hydrogen-bond acceptors (Lipinski definition) is 3. The van der Waals surface area contributed by atoms with Gasteiger partial charge in [-0.25, -0.2) is 4.98 Å². The summed E-state index contributed by atoms with van der Waals surface area (Å²) in [5.41, 5.74) is 4.79. The van der Waals surface area contributed by atoms with Crippen molar-refractivity contribution < 1.29 is 9.21 Å². The fourth-order valence-electron chi connectivity index (χ4n) is 2.62. The average Bonchev–Trinajstić information content (AvgIpc) is 2.89. The second-order valence-corrected chi connectivity index (χ2v) is 6.60. The minimum Gasteiger partial charge on any atom is -0.440 e. The molecule has 0 saturated heterocycles. The quantitative estimate of drug-likeness (QED) is 0.740. The Morgan fingerprint density at radius 1 is 1.17 bits per heavy atom. The van der Waals surface area contributed by atoms with E-state index >= 15 is 0 Å². The molecule has 1 heterocycles. The largest absolute Gasteiger partial charge is 0.440 e. The highest BCUT2D eigenvalue weighted by atomic mass is 16.3. The third-order valence-corrected chi connectivity index (χ3v) is 3.77. The monoisotopic (exact) mass is 322 g/mol. The Hall–Kier alpha value is -2.62. The number of aromatic nitrogens is 1. The normalized spacial score (nSPS) is 11.2. The number of aryl methyl sites for hydroxylation is 1. The molecule has 0 radical (unpaired) electrons. The molecule has 0 aliphatic heterocycles. The summed E-state index contributed by atoms with van der Waals surface area (Å²) in [6.45, 7) is 6.11. The summed E-state index contributed by atoms with van der Waals surface area (Å²) in [6.07, 6.45) is 1.16. The fourth-order valence-corrected chi connectivity index (χ4v) is 2.62. The summed E-state index contributed by atoms with van der Waals surface area (Å²) in [5.74, 6) is 1.10. The molecule has 0 saturated carbocycles. The molecule has 0 unspecified atom stereocenters. The van der Waals surface area contributed by atoms with Crippen molar-refractivity contribution in [1.82, 2.24) is 4.98 Å². The van der Waals surface area contributed by atoms with Crippen LogP contribution in [0.2, 0.25) is 0 Å². The van der Waals surface area contributed by atoms with Crippen molar-refractivity contribution >= 4 is 22.7 Å². The molecule has 4 nitrogen and oxygen atoms in total. The minimum atomic E-state index is 0.0482. The highest BCUT2D eigenvalue weighted by Crippen LogP contribution is 2.20. The molecule has 0 atom stereocenters. The van der Waals surface area contributed by atoms with Crippen molar-refractivity contribution in [1.29, 1.82) is 0 Å². The maximum atomic E-state index is 11.8. The van der Waals surface area contributed by atoms with Gasteiger partial charge in [-0.15, -0.1) is 0 Å². The first kappa shape index (κ1) is 16.2. The topological polar surface area (TPSA) is 55.1 Å². The zero-order valence-electron chi connectivity index (χ0n) is 14.3. The van der Waals surface area contributed by atoms with Crippen LogP contribution in [0.4, 0.5) is 5.69 Å². The number of oxazole rings is 1. The second kappa shape index (κ2) is 6.87. The molecule has 1 N–H and O–H groups in total. The SMILES string of the molecule is Cc1ccc2oc(Cc3ccc(NC(=O)CC(C)C)cc3)nc2c1. The van der Waals surface area contributed by atoms with Gasteiger partial charge in [0.2, 0.25) is 5.91 Å². The Balaban J connectivity index is 1.67. The lowest BCUT2D eigenvalue weighted by atomic mass is 10.1. The van der Waals surface area contributed by atoms with E-state index in [0.29, 0.717) is 24.7 Å². The standard InChI is InChI=1S/C20H22N2O2/c1-13(2)10-19(23)21-16-7-5-15(6-8-16)12-20-22-17-11-14(3)4-9-18(17)24-20/h4-9,11,13H,10,12H2,1-3H3,(H,21,23). The maximum absolute atomic E-state index is 11.8. The van der Waals surface area contributed by atoms with E-state index in [-0.39, 0.29) is 5.91 Å². The van der Waals surface area contributed by atoms with E-state index in [1.807, 2.05) is 63.2 Å². The zero-order chi connectivity index (χ0) is 17.1. The van der Waals surface area contributed by atoms with E-state index < -0.39 is 0 Å². The number of carbonyl (C=O) groups excluding carboxylic acids is 1. The minimum absolute atomic E-state index is 0.0482. The van der Waals surface area contributed by atoms with Gasteiger partial charge in [-0.05, 0) is 48.2 Å². The van der Waals surface area contributed by atoms with Crippen molar-refractivity contribution in [3.8, 4) is 0 Å². The predicted molar refractivity (Wildman–Crippen MR) is 96.1 cm³/mol. The van der Waals surface area contributed by atoms with Crippen molar-refractivity contribution in [2.24, 2.45) is 5.92 Å². The highest BCUT2D eigenvalue weighted by molar-refractivity contribution is 5.90. The first-order chi connectivity index (χ1) is 11.5. The number of carbonyl (C=O) groups is 1. The van der Waals surface area contributed by atoms with Gasteiger partial charge in [-0.2, -0.15) is 0 Å². The Labute approximate surface area is 141 Å². The summed E-state index contributed by atoms with van der Waals surface area (Å²) in [7, 11) is 0. The van der Waals surface area contributed by atoms with Gasteiger partial charge in [0, 0.05) is 18.5 Å². The third-order valence-electron chi connectivity index (χ3n) is 3.77. The lowest BCUT2D eigenvalue weighted by Crippen LogP contribution is -2.13. The number of fused-ring (bicyclic) bond motifs is 1. The summed E-state index contributed by atoms with van der Waals surface area (Å²) in [4.78, 5) is 16.3. The molecule has 3 aromatic rings. The van der Waals surface area contributed by atoms with E-state index in [0.717, 1.165) is 22.4 Å². The molecule has 4 heteroatoms. The van der Waals surface area contributed by atoms with Crippen molar-refractivity contribution in [2.75, 3.05) is 5.32 Å². The Morgan fingerprint density at radius 2 is 1.92 bits per heavy atom. The van der Waals surface area contributed by atoms with Gasteiger partial charge < -0.3 is 9.73 Å². The molecule has 0 spiro atoms. The van der Waals surface area contributed by atoms with Crippen molar-refractivity contribution in [3.63, 3.8) is 0 Å². The molecule has 2 aromatic carbocycles. The lowest BCUT2D eigenvalue weighted by molar-refractivity contribution is -0.116. The van der Waals surface area contributed by atoms with Crippen LogP contribution in [0, 0.1) is 12.8 Å².